The summed E-state index contributed by atoms with van der Waals surface area (Å²) in [6.45, 7) is 0.744. The zero-order valence-corrected chi connectivity index (χ0v) is 14.2. The van der Waals surface area contributed by atoms with Crippen molar-refractivity contribution in [2.45, 2.75) is 12.8 Å². The van der Waals surface area contributed by atoms with E-state index < -0.39 is 0 Å². The molecule has 0 heterocycles. The molecular weight excluding hydrogens is 318 g/mol. The molecule has 2 rings (SSSR count). The van der Waals surface area contributed by atoms with Crippen LogP contribution in [0.1, 0.15) is 22.3 Å². The Morgan fingerprint density at radius 3 is 2.56 bits per heavy atom. The van der Waals surface area contributed by atoms with E-state index in [2.05, 4.69) is 10.6 Å². The summed E-state index contributed by atoms with van der Waals surface area (Å²) in [5.41, 5.74) is 7.27. The molecule has 0 atom stereocenters. The van der Waals surface area contributed by atoms with Crippen molar-refractivity contribution in [3.63, 3.8) is 0 Å². The summed E-state index contributed by atoms with van der Waals surface area (Å²) in [6, 6.07) is 14.5. The van der Waals surface area contributed by atoms with Crippen LogP contribution in [0.5, 0.6) is 5.75 Å². The standard InChI is InChI=1S/C19H23N3O3/c1-25-17-9-5-2-6-14(17)10-11-18(23)22-16-8-4-3-7-15(16)19(24)21-13-12-20/h2-9H,10-13,20H2,1H3,(H,21,24)(H,22,23). The highest BCUT2D eigenvalue weighted by Gasteiger charge is 2.13. The number of benzene rings is 2. The van der Waals surface area contributed by atoms with Crippen LogP contribution in [0, 0.1) is 0 Å². The molecule has 0 aliphatic carbocycles. The second-order valence-electron chi connectivity index (χ2n) is 5.45. The number of nitrogens with one attached hydrogen (secondary N) is 2. The molecule has 0 aliphatic rings. The first-order chi connectivity index (χ1) is 12.2. The Labute approximate surface area is 147 Å². The molecule has 2 aromatic rings. The lowest BCUT2D eigenvalue weighted by Crippen LogP contribution is -2.30. The van der Waals surface area contributed by atoms with Gasteiger partial charge in [-0.2, -0.15) is 0 Å². The SMILES string of the molecule is COc1ccccc1CCC(=O)Nc1ccccc1C(=O)NCCN. The minimum atomic E-state index is -0.258. The van der Waals surface area contributed by atoms with Crippen LogP contribution >= 0.6 is 0 Å². The van der Waals surface area contributed by atoms with Gasteiger partial charge >= 0.3 is 0 Å². The summed E-state index contributed by atoms with van der Waals surface area (Å²) in [5, 5.41) is 5.51. The molecule has 6 nitrogen and oxygen atoms in total. The van der Waals surface area contributed by atoms with E-state index >= 15 is 0 Å². The number of aryl methyl sites for hydroxylation is 1. The topological polar surface area (TPSA) is 93.4 Å². The maximum absolute atomic E-state index is 12.3. The number of amides is 2. The molecule has 0 bridgehead atoms. The van der Waals surface area contributed by atoms with Gasteiger partial charge in [0.05, 0.1) is 18.4 Å². The van der Waals surface area contributed by atoms with Gasteiger partial charge in [0.2, 0.25) is 5.91 Å². The highest BCUT2D eigenvalue weighted by atomic mass is 16.5. The van der Waals surface area contributed by atoms with Gasteiger partial charge in [-0.15, -0.1) is 0 Å². The van der Waals surface area contributed by atoms with Crippen molar-refractivity contribution < 1.29 is 14.3 Å². The Balaban J connectivity index is 2.00. The molecule has 0 aromatic heterocycles. The number of ether oxygens (including phenoxy) is 1. The average Bonchev–Trinajstić information content (AvgIpc) is 2.65. The second-order valence-corrected chi connectivity index (χ2v) is 5.45. The predicted molar refractivity (Wildman–Crippen MR) is 97.8 cm³/mol. The number of hydrogen-bond acceptors (Lipinski definition) is 4. The van der Waals surface area contributed by atoms with Crippen molar-refractivity contribution in [2.75, 3.05) is 25.5 Å². The van der Waals surface area contributed by atoms with Gasteiger partial charge in [-0.3, -0.25) is 9.59 Å². The number of anilines is 1. The van der Waals surface area contributed by atoms with E-state index in [-0.39, 0.29) is 11.8 Å². The predicted octanol–water partition coefficient (Wildman–Crippen LogP) is 1.95. The first-order valence-corrected chi connectivity index (χ1v) is 8.14. The second kappa shape index (κ2) is 9.44. The first kappa shape index (κ1) is 18.5. The maximum Gasteiger partial charge on any atom is 0.253 e. The smallest absolute Gasteiger partial charge is 0.253 e. The molecule has 0 radical (unpaired) electrons. The number of para-hydroxylation sites is 2. The van der Waals surface area contributed by atoms with E-state index in [1.165, 1.54) is 0 Å². The van der Waals surface area contributed by atoms with E-state index in [1.807, 2.05) is 24.3 Å². The van der Waals surface area contributed by atoms with Gasteiger partial charge in [-0.1, -0.05) is 30.3 Å². The monoisotopic (exact) mass is 341 g/mol. The zero-order chi connectivity index (χ0) is 18.1. The molecule has 25 heavy (non-hydrogen) atoms. The first-order valence-electron chi connectivity index (χ1n) is 8.14. The Kier molecular flexibility index (Phi) is 6.98. The lowest BCUT2D eigenvalue weighted by atomic mass is 10.1. The van der Waals surface area contributed by atoms with Gasteiger partial charge < -0.3 is 21.1 Å². The van der Waals surface area contributed by atoms with E-state index in [9.17, 15) is 9.59 Å². The van der Waals surface area contributed by atoms with Gasteiger partial charge in [0.1, 0.15) is 5.75 Å². The van der Waals surface area contributed by atoms with Crippen molar-refractivity contribution in [1.29, 1.82) is 0 Å². The third-order valence-electron chi connectivity index (χ3n) is 3.69. The quantitative estimate of drug-likeness (QED) is 0.684. The molecule has 6 heteroatoms. The van der Waals surface area contributed by atoms with Crippen LogP contribution in [0.15, 0.2) is 48.5 Å². The summed E-state index contributed by atoms with van der Waals surface area (Å²) in [4.78, 5) is 24.4. The molecule has 0 spiro atoms. The highest BCUT2D eigenvalue weighted by Crippen LogP contribution is 2.20. The number of hydrogen-bond donors (Lipinski definition) is 3. The molecule has 0 saturated carbocycles. The molecular formula is C19H23N3O3. The highest BCUT2D eigenvalue weighted by molar-refractivity contribution is 6.03. The van der Waals surface area contributed by atoms with Gasteiger partial charge in [0, 0.05) is 19.5 Å². The molecule has 0 unspecified atom stereocenters. The van der Waals surface area contributed by atoms with Crippen molar-refractivity contribution in [3.05, 3.63) is 59.7 Å². The van der Waals surface area contributed by atoms with Crippen molar-refractivity contribution >= 4 is 17.5 Å². The van der Waals surface area contributed by atoms with Gasteiger partial charge in [-0.05, 0) is 30.2 Å². The fraction of sp³-hybridized carbons (Fsp3) is 0.263. The Morgan fingerprint density at radius 1 is 1.08 bits per heavy atom. The summed E-state index contributed by atoms with van der Waals surface area (Å²) in [6.07, 6.45) is 0.844. The van der Waals surface area contributed by atoms with Crippen molar-refractivity contribution in [2.24, 2.45) is 5.73 Å². The fourth-order valence-corrected chi connectivity index (χ4v) is 2.44. The molecule has 0 fully saturated rings. The summed E-state index contributed by atoms with van der Waals surface area (Å²) in [7, 11) is 1.61. The third kappa shape index (κ3) is 5.32. The fourth-order valence-electron chi connectivity index (χ4n) is 2.44. The van der Waals surface area contributed by atoms with Gasteiger partial charge in [0.15, 0.2) is 0 Å². The van der Waals surface area contributed by atoms with Crippen LogP contribution in [0.25, 0.3) is 0 Å². The zero-order valence-electron chi connectivity index (χ0n) is 14.2. The molecule has 0 aliphatic heterocycles. The van der Waals surface area contributed by atoms with E-state index in [0.717, 1.165) is 11.3 Å². The van der Waals surface area contributed by atoms with E-state index in [1.54, 1.807) is 31.4 Å². The van der Waals surface area contributed by atoms with Crippen LogP contribution in [0.4, 0.5) is 5.69 Å². The lowest BCUT2D eigenvalue weighted by Gasteiger charge is -2.12. The molecule has 0 saturated heterocycles. The Bertz CT molecular complexity index is 731. The van der Waals surface area contributed by atoms with Crippen LogP contribution in [0.3, 0.4) is 0 Å². The molecule has 2 aromatic carbocycles. The van der Waals surface area contributed by atoms with E-state index in [0.29, 0.717) is 37.2 Å². The minimum Gasteiger partial charge on any atom is -0.496 e. The number of methoxy groups -OCH3 is 1. The van der Waals surface area contributed by atoms with E-state index in [4.69, 9.17) is 10.5 Å². The summed E-state index contributed by atoms with van der Waals surface area (Å²) in [5.74, 6) is 0.341. The van der Waals surface area contributed by atoms with Gasteiger partial charge in [0.25, 0.3) is 5.91 Å². The lowest BCUT2D eigenvalue weighted by molar-refractivity contribution is -0.116. The van der Waals surface area contributed by atoms with Crippen LogP contribution in [0.2, 0.25) is 0 Å². The van der Waals surface area contributed by atoms with Crippen LogP contribution in [-0.2, 0) is 11.2 Å². The van der Waals surface area contributed by atoms with Crippen molar-refractivity contribution in [3.8, 4) is 5.75 Å². The minimum absolute atomic E-state index is 0.162. The van der Waals surface area contributed by atoms with Crippen molar-refractivity contribution in [1.82, 2.24) is 5.32 Å². The summed E-state index contributed by atoms with van der Waals surface area (Å²) < 4.78 is 5.29. The van der Waals surface area contributed by atoms with Crippen LogP contribution < -0.4 is 21.1 Å². The van der Waals surface area contributed by atoms with Crippen LogP contribution in [-0.4, -0.2) is 32.0 Å². The summed E-state index contributed by atoms with van der Waals surface area (Å²) >= 11 is 0. The number of nitrogens with two attached hydrogens (primary N) is 1. The molecule has 4 N–H and O–H groups in total. The number of carbonyl (C=O) groups is 2. The molecule has 132 valence electrons. The largest absolute Gasteiger partial charge is 0.496 e. The number of rotatable bonds is 8. The Hall–Kier alpha value is -2.86. The average molecular weight is 341 g/mol. The maximum atomic E-state index is 12.3. The molecule has 2 amide bonds. The Morgan fingerprint density at radius 2 is 1.80 bits per heavy atom. The third-order valence-corrected chi connectivity index (χ3v) is 3.69. The normalized spacial score (nSPS) is 10.2. The number of carbonyl (C=O) groups excluding carboxylic acids is 2. The van der Waals surface area contributed by atoms with Gasteiger partial charge in [-0.25, -0.2) is 0 Å².